The zero-order chi connectivity index (χ0) is 17.5. The van der Waals surface area contributed by atoms with Crippen LogP contribution in [0.25, 0.3) is 0 Å². The third-order valence-electron chi connectivity index (χ3n) is 3.46. The Morgan fingerprint density at radius 2 is 1.83 bits per heavy atom. The van der Waals surface area contributed by atoms with Crippen molar-refractivity contribution in [2.45, 2.75) is 20.8 Å². The highest BCUT2D eigenvalue weighted by atomic mass is 16.5. The van der Waals surface area contributed by atoms with Gasteiger partial charge in [0.2, 0.25) is 5.91 Å². The van der Waals surface area contributed by atoms with E-state index in [0.717, 1.165) is 33.8 Å². The number of benzene rings is 2. The number of nitrogens with one attached hydrogen (secondary N) is 2. The van der Waals surface area contributed by atoms with Crippen molar-refractivity contribution in [1.82, 2.24) is 0 Å². The molecule has 0 saturated heterocycles. The predicted octanol–water partition coefficient (Wildman–Crippen LogP) is 4.31. The summed E-state index contributed by atoms with van der Waals surface area (Å²) in [6.07, 6.45) is 0. The molecule has 0 heterocycles. The van der Waals surface area contributed by atoms with E-state index in [1.165, 1.54) is 0 Å². The van der Waals surface area contributed by atoms with Crippen LogP contribution in [0.5, 0.6) is 5.75 Å². The Morgan fingerprint density at radius 3 is 2.50 bits per heavy atom. The van der Waals surface area contributed by atoms with Gasteiger partial charge < -0.3 is 15.4 Å². The van der Waals surface area contributed by atoms with Crippen molar-refractivity contribution < 1.29 is 9.53 Å². The van der Waals surface area contributed by atoms with Crippen LogP contribution in [0.15, 0.2) is 54.6 Å². The first-order valence-corrected chi connectivity index (χ1v) is 7.92. The van der Waals surface area contributed by atoms with Crippen LogP contribution >= 0.6 is 0 Å². The Labute approximate surface area is 143 Å². The second-order valence-electron chi connectivity index (χ2n) is 5.99. The third kappa shape index (κ3) is 5.47. The number of carbonyl (C=O) groups excluding carboxylic acids is 1. The van der Waals surface area contributed by atoms with Gasteiger partial charge in [-0.1, -0.05) is 18.7 Å². The highest BCUT2D eigenvalue weighted by Gasteiger charge is 2.04. The van der Waals surface area contributed by atoms with Gasteiger partial charge in [0.25, 0.3) is 0 Å². The van der Waals surface area contributed by atoms with Gasteiger partial charge in [-0.05, 0) is 67.8 Å². The van der Waals surface area contributed by atoms with E-state index in [1.54, 1.807) is 0 Å². The monoisotopic (exact) mass is 324 g/mol. The van der Waals surface area contributed by atoms with E-state index in [0.29, 0.717) is 6.61 Å². The molecule has 0 unspecified atom stereocenters. The normalized spacial score (nSPS) is 10.1. The summed E-state index contributed by atoms with van der Waals surface area (Å²) < 4.78 is 5.53. The van der Waals surface area contributed by atoms with E-state index in [4.69, 9.17) is 4.74 Å². The van der Waals surface area contributed by atoms with Crippen molar-refractivity contribution in [3.63, 3.8) is 0 Å². The summed E-state index contributed by atoms with van der Waals surface area (Å²) in [6, 6.07) is 13.4. The van der Waals surface area contributed by atoms with Gasteiger partial charge in [-0.2, -0.15) is 0 Å². The Balaban J connectivity index is 1.85. The SMILES string of the molecule is C=C(C)COc1ccc(NC(=O)CNc2cc(C)ccc2C)cc1. The number of amides is 1. The van der Waals surface area contributed by atoms with E-state index >= 15 is 0 Å². The molecule has 0 fully saturated rings. The molecule has 126 valence electrons. The molecule has 0 aliphatic rings. The Kier molecular flexibility index (Phi) is 6.01. The minimum Gasteiger partial charge on any atom is -0.489 e. The topological polar surface area (TPSA) is 50.4 Å². The first-order chi connectivity index (χ1) is 11.4. The third-order valence-corrected chi connectivity index (χ3v) is 3.46. The molecule has 0 radical (unpaired) electrons. The molecule has 2 N–H and O–H groups in total. The van der Waals surface area contributed by atoms with Crippen molar-refractivity contribution in [1.29, 1.82) is 0 Å². The minimum atomic E-state index is -0.0912. The van der Waals surface area contributed by atoms with Gasteiger partial charge in [-0.3, -0.25) is 4.79 Å². The van der Waals surface area contributed by atoms with E-state index < -0.39 is 0 Å². The van der Waals surface area contributed by atoms with Crippen LogP contribution in [-0.4, -0.2) is 19.1 Å². The van der Waals surface area contributed by atoms with E-state index in [1.807, 2.05) is 57.2 Å². The Hall–Kier alpha value is -2.75. The quantitative estimate of drug-likeness (QED) is 0.746. The van der Waals surface area contributed by atoms with Gasteiger partial charge in [0.05, 0.1) is 6.54 Å². The van der Waals surface area contributed by atoms with Crippen LogP contribution in [0.2, 0.25) is 0 Å². The summed E-state index contributed by atoms with van der Waals surface area (Å²) in [5.41, 5.74) is 4.96. The van der Waals surface area contributed by atoms with Crippen LogP contribution in [-0.2, 0) is 4.79 Å². The molecule has 0 atom stereocenters. The minimum absolute atomic E-state index is 0.0912. The van der Waals surface area contributed by atoms with Crippen LogP contribution in [0.4, 0.5) is 11.4 Å². The summed E-state index contributed by atoms with van der Waals surface area (Å²) >= 11 is 0. The summed E-state index contributed by atoms with van der Waals surface area (Å²) in [5.74, 6) is 0.663. The standard InChI is InChI=1S/C20H24N2O2/c1-14(2)13-24-18-9-7-17(8-10-18)22-20(23)12-21-19-11-15(3)5-6-16(19)4/h5-11,21H,1,12-13H2,2-4H3,(H,22,23). The highest BCUT2D eigenvalue weighted by Crippen LogP contribution is 2.17. The fourth-order valence-electron chi connectivity index (χ4n) is 2.15. The molecule has 4 heteroatoms. The number of carbonyl (C=O) groups is 1. The maximum atomic E-state index is 12.1. The fourth-order valence-corrected chi connectivity index (χ4v) is 2.15. The first-order valence-electron chi connectivity index (χ1n) is 7.92. The lowest BCUT2D eigenvalue weighted by Crippen LogP contribution is -2.22. The first kappa shape index (κ1) is 17.6. The molecule has 1 amide bonds. The lowest BCUT2D eigenvalue weighted by molar-refractivity contribution is -0.114. The number of ether oxygens (including phenoxy) is 1. The van der Waals surface area contributed by atoms with Crippen molar-refractivity contribution in [3.8, 4) is 5.75 Å². The summed E-state index contributed by atoms with van der Waals surface area (Å²) in [6.45, 7) is 10.5. The summed E-state index contributed by atoms with van der Waals surface area (Å²) in [7, 11) is 0. The zero-order valence-corrected chi connectivity index (χ0v) is 14.5. The van der Waals surface area contributed by atoms with Crippen molar-refractivity contribution in [2.24, 2.45) is 0 Å². The largest absolute Gasteiger partial charge is 0.489 e. The van der Waals surface area contributed by atoms with Gasteiger partial charge in [-0.25, -0.2) is 0 Å². The molecular formula is C20H24N2O2. The molecule has 0 aliphatic heterocycles. The summed E-state index contributed by atoms with van der Waals surface area (Å²) in [4.78, 5) is 12.1. The van der Waals surface area contributed by atoms with E-state index in [-0.39, 0.29) is 12.5 Å². The Bertz CT molecular complexity index is 721. The lowest BCUT2D eigenvalue weighted by Gasteiger charge is -2.11. The van der Waals surface area contributed by atoms with Crippen LogP contribution in [0.3, 0.4) is 0 Å². The second-order valence-corrected chi connectivity index (χ2v) is 5.99. The molecule has 0 aliphatic carbocycles. The molecule has 0 spiro atoms. The van der Waals surface area contributed by atoms with Gasteiger partial charge in [0.1, 0.15) is 12.4 Å². The van der Waals surface area contributed by atoms with Crippen molar-refractivity contribution in [3.05, 3.63) is 65.7 Å². The number of hydrogen-bond acceptors (Lipinski definition) is 3. The highest BCUT2D eigenvalue weighted by molar-refractivity contribution is 5.93. The van der Waals surface area contributed by atoms with Gasteiger partial charge in [0.15, 0.2) is 0 Å². The van der Waals surface area contributed by atoms with Crippen LogP contribution in [0.1, 0.15) is 18.1 Å². The molecule has 2 aromatic carbocycles. The molecule has 0 aromatic heterocycles. The Morgan fingerprint density at radius 1 is 1.12 bits per heavy atom. The molecule has 2 aromatic rings. The van der Waals surface area contributed by atoms with E-state index in [9.17, 15) is 4.79 Å². The maximum absolute atomic E-state index is 12.1. The van der Waals surface area contributed by atoms with Gasteiger partial charge >= 0.3 is 0 Å². The van der Waals surface area contributed by atoms with E-state index in [2.05, 4.69) is 23.3 Å². The molecule has 0 bridgehead atoms. The van der Waals surface area contributed by atoms with Crippen molar-refractivity contribution >= 4 is 17.3 Å². The predicted molar refractivity (Wildman–Crippen MR) is 99.8 cm³/mol. The molecular weight excluding hydrogens is 300 g/mol. The van der Waals surface area contributed by atoms with Crippen LogP contribution < -0.4 is 15.4 Å². The zero-order valence-electron chi connectivity index (χ0n) is 14.5. The molecule has 2 rings (SSSR count). The van der Waals surface area contributed by atoms with Gasteiger partial charge in [-0.15, -0.1) is 0 Å². The number of anilines is 2. The smallest absolute Gasteiger partial charge is 0.243 e. The molecule has 0 saturated carbocycles. The summed E-state index contributed by atoms with van der Waals surface area (Å²) in [5, 5.41) is 6.04. The van der Waals surface area contributed by atoms with Crippen LogP contribution in [0, 0.1) is 13.8 Å². The second kappa shape index (κ2) is 8.20. The number of hydrogen-bond donors (Lipinski definition) is 2. The van der Waals surface area contributed by atoms with Crippen molar-refractivity contribution in [2.75, 3.05) is 23.8 Å². The number of aryl methyl sites for hydroxylation is 2. The number of rotatable bonds is 7. The lowest BCUT2D eigenvalue weighted by atomic mass is 10.1. The molecule has 24 heavy (non-hydrogen) atoms. The van der Waals surface area contributed by atoms with Gasteiger partial charge in [0, 0.05) is 11.4 Å². The fraction of sp³-hybridized carbons (Fsp3) is 0.250. The molecule has 4 nitrogen and oxygen atoms in total. The average molecular weight is 324 g/mol. The maximum Gasteiger partial charge on any atom is 0.243 e. The average Bonchev–Trinajstić information content (AvgIpc) is 2.55.